The van der Waals surface area contributed by atoms with E-state index in [0.29, 0.717) is 10.9 Å². The normalized spacial score (nSPS) is 12.2. The number of rotatable bonds is 0. The van der Waals surface area contributed by atoms with Gasteiger partial charge in [-0.1, -0.05) is 0 Å². The van der Waals surface area contributed by atoms with Crippen molar-refractivity contribution in [3.05, 3.63) is 28.1 Å². The van der Waals surface area contributed by atoms with Crippen LogP contribution in [0.3, 0.4) is 0 Å². The first-order valence-corrected chi connectivity index (χ1v) is 4.40. The van der Waals surface area contributed by atoms with Crippen LogP contribution in [-0.2, 0) is 6.30 Å². The van der Waals surface area contributed by atoms with E-state index in [2.05, 4.69) is 4.98 Å². The second kappa shape index (κ2) is 2.81. The molecule has 0 saturated carbocycles. The van der Waals surface area contributed by atoms with Crippen LogP contribution in [0.4, 0.5) is 13.2 Å². The van der Waals surface area contributed by atoms with Gasteiger partial charge in [-0.2, -0.15) is 0 Å². The van der Waals surface area contributed by atoms with Crippen LogP contribution < -0.4 is 5.56 Å². The average molecular weight is 220 g/mol. The Balaban J connectivity index is 2.81. The number of hydrogen-bond acceptors (Lipinski definition) is 3. The number of hydrogen-bond donors (Lipinski definition) is 0. The lowest BCUT2D eigenvalue weighted by Crippen LogP contribution is -2.30. The van der Waals surface area contributed by atoms with E-state index in [1.165, 1.54) is 11.6 Å². The minimum atomic E-state index is -4.69. The Morgan fingerprint density at radius 3 is 2.79 bits per heavy atom. The van der Waals surface area contributed by atoms with Crippen LogP contribution in [0.25, 0.3) is 10.2 Å². The van der Waals surface area contributed by atoms with Crippen molar-refractivity contribution in [3.8, 4) is 0 Å². The molecule has 2 aromatic rings. The second-order valence-corrected chi connectivity index (χ2v) is 3.41. The summed E-state index contributed by atoms with van der Waals surface area (Å²) in [7, 11) is 0. The molecule has 2 aromatic heterocycles. The highest BCUT2D eigenvalue weighted by Gasteiger charge is 2.32. The predicted molar refractivity (Wildman–Crippen MR) is 45.2 cm³/mol. The van der Waals surface area contributed by atoms with E-state index in [4.69, 9.17) is 0 Å². The number of fused-ring (bicyclic) bond motifs is 1. The van der Waals surface area contributed by atoms with E-state index in [-0.39, 0.29) is 10.1 Å². The first kappa shape index (κ1) is 9.20. The van der Waals surface area contributed by atoms with Gasteiger partial charge in [-0.15, -0.1) is 24.5 Å². The van der Waals surface area contributed by atoms with Crippen LogP contribution in [-0.4, -0.2) is 9.55 Å². The molecule has 0 radical (unpaired) electrons. The zero-order valence-electron chi connectivity index (χ0n) is 6.58. The van der Waals surface area contributed by atoms with E-state index in [1.807, 2.05) is 0 Å². The summed E-state index contributed by atoms with van der Waals surface area (Å²) in [5.41, 5.74) is 0.0679. The molecule has 0 aromatic carbocycles. The van der Waals surface area contributed by atoms with E-state index >= 15 is 0 Å². The standard InChI is InChI=1S/C7H3F3N2OS/c8-7(9,10)12-2-1-4-5(6(12)13)11-3-14-4/h1-3H. The van der Waals surface area contributed by atoms with Crippen molar-refractivity contribution in [2.45, 2.75) is 6.30 Å². The zero-order chi connectivity index (χ0) is 10.3. The molecule has 2 heterocycles. The first-order chi connectivity index (χ1) is 6.50. The van der Waals surface area contributed by atoms with Gasteiger partial charge >= 0.3 is 6.30 Å². The molecule has 0 aliphatic carbocycles. The maximum absolute atomic E-state index is 12.2. The topological polar surface area (TPSA) is 34.9 Å². The molecule has 0 N–H and O–H groups in total. The highest BCUT2D eigenvalue weighted by molar-refractivity contribution is 7.16. The van der Waals surface area contributed by atoms with Gasteiger partial charge in [0.1, 0.15) is 5.52 Å². The number of thiazole rings is 1. The summed E-state index contributed by atoms with van der Waals surface area (Å²) in [4.78, 5) is 14.8. The van der Waals surface area contributed by atoms with Crippen LogP contribution in [0.2, 0.25) is 0 Å². The van der Waals surface area contributed by atoms with Crippen LogP contribution >= 0.6 is 11.3 Å². The molecule has 0 spiro atoms. The van der Waals surface area contributed by atoms with E-state index in [0.717, 1.165) is 11.3 Å². The van der Waals surface area contributed by atoms with Crippen LogP contribution in [0.1, 0.15) is 0 Å². The summed E-state index contributed by atoms with van der Waals surface area (Å²) in [6.07, 6.45) is -3.97. The average Bonchev–Trinajstić information content (AvgIpc) is 2.50. The lowest BCUT2D eigenvalue weighted by molar-refractivity contribution is -0.206. The summed E-state index contributed by atoms with van der Waals surface area (Å²) in [6, 6.07) is 1.22. The molecule has 0 unspecified atom stereocenters. The van der Waals surface area contributed by atoms with Crippen molar-refractivity contribution >= 4 is 21.6 Å². The van der Waals surface area contributed by atoms with Gasteiger partial charge in [0.05, 0.1) is 10.2 Å². The fourth-order valence-electron chi connectivity index (χ4n) is 1.06. The first-order valence-electron chi connectivity index (χ1n) is 3.52. The van der Waals surface area contributed by atoms with Crippen molar-refractivity contribution in [2.75, 3.05) is 0 Å². The van der Waals surface area contributed by atoms with Crippen LogP contribution in [0, 0.1) is 0 Å². The molecule has 0 aliphatic heterocycles. The fourth-order valence-corrected chi connectivity index (χ4v) is 1.72. The molecule has 0 saturated heterocycles. The van der Waals surface area contributed by atoms with Gasteiger partial charge in [0.15, 0.2) is 0 Å². The molecule has 7 heteroatoms. The SMILES string of the molecule is O=c1c2ncsc2ccn1C(F)(F)F. The van der Waals surface area contributed by atoms with Crippen molar-refractivity contribution in [1.82, 2.24) is 9.55 Å². The van der Waals surface area contributed by atoms with Crippen molar-refractivity contribution in [2.24, 2.45) is 0 Å². The Morgan fingerprint density at radius 2 is 2.14 bits per heavy atom. The minimum absolute atomic E-state index is 0.144. The van der Waals surface area contributed by atoms with E-state index in [9.17, 15) is 18.0 Å². The molecule has 0 amide bonds. The summed E-state index contributed by atoms with van der Waals surface area (Å²) in [6.45, 7) is 0. The maximum Gasteiger partial charge on any atom is 0.491 e. The zero-order valence-corrected chi connectivity index (χ0v) is 7.39. The molecule has 0 aliphatic rings. The highest BCUT2D eigenvalue weighted by Crippen LogP contribution is 2.21. The van der Waals surface area contributed by atoms with Crippen molar-refractivity contribution in [1.29, 1.82) is 0 Å². The quantitative estimate of drug-likeness (QED) is 0.680. The predicted octanol–water partition coefficient (Wildman–Crippen LogP) is 1.93. The van der Waals surface area contributed by atoms with Gasteiger partial charge < -0.3 is 0 Å². The summed E-state index contributed by atoms with van der Waals surface area (Å²) < 4.78 is 36.8. The van der Waals surface area contributed by atoms with E-state index < -0.39 is 11.9 Å². The third kappa shape index (κ3) is 1.29. The number of pyridine rings is 1. The number of alkyl halides is 3. The van der Waals surface area contributed by atoms with Gasteiger partial charge in [0.2, 0.25) is 0 Å². The summed E-state index contributed by atoms with van der Waals surface area (Å²) >= 11 is 1.13. The molecular formula is C7H3F3N2OS. The van der Waals surface area contributed by atoms with Gasteiger partial charge in [-0.05, 0) is 6.07 Å². The minimum Gasteiger partial charge on any atom is -0.267 e. The Kier molecular flexibility index (Phi) is 1.84. The highest BCUT2D eigenvalue weighted by atomic mass is 32.1. The molecule has 14 heavy (non-hydrogen) atoms. The number of halogens is 3. The Morgan fingerprint density at radius 1 is 1.43 bits per heavy atom. The Bertz CT molecular complexity index is 527. The molecule has 0 atom stereocenters. The van der Waals surface area contributed by atoms with E-state index in [1.54, 1.807) is 0 Å². The molecular weight excluding hydrogens is 217 g/mol. The Labute approximate surface area is 79.4 Å². The van der Waals surface area contributed by atoms with Gasteiger partial charge in [0, 0.05) is 6.20 Å². The van der Waals surface area contributed by atoms with Crippen LogP contribution in [0.5, 0.6) is 0 Å². The number of aromatic nitrogens is 2. The van der Waals surface area contributed by atoms with Crippen LogP contribution in [0.15, 0.2) is 22.6 Å². The number of nitrogens with zero attached hydrogens (tertiary/aromatic N) is 2. The smallest absolute Gasteiger partial charge is 0.267 e. The maximum atomic E-state index is 12.2. The second-order valence-electron chi connectivity index (χ2n) is 2.52. The molecule has 0 fully saturated rings. The molecule has 2 rings (SSSR count). The third-order valence-corrected chi connectivity index (χ3v) is 2.46. The molecule has 0 bridgehead atoms. The van der Waals surface area contributed by atoms with Gasteiger partial charge in [-0.25, -0.2) is 9.55 Å². The Hall–Kier alpha value is -1.37. The monoisotopic (exact) mass is 220 g/mol. The lowest BCUT2D eigenvalue weighted by atomic mass is 10.4. The van der Waals surface area contributed by atoms with Gasteiger partial charge in [-0.3, -0.25) is 4.79 Å². The lowest BCUT2D eigenvalue weighted by Gasteiger charge is -2.08. The largest absolute Gasteiger partial charge is 0.491 e. The van der Waals surface area contributed by atoms with Crippen molar-refractivity contribution < 1.29 is 13.2 Å². The van der Waals surface area contributed by atoms with Crippen molar-refractivity contribution in [3.63, 3.8) is 0 Å². The fraction of sp³-hybridized carbons (Fsp3) is 0.143. The third-order valence-electron chi connectivity index (χ3n) is 1.66. The summed E-state index contributed by atoms with van der Waals surface area (Å²) in [5.74, 6) is 0. The summed E-state index contributed by atoms with van der Waals surface area (Å²) in [5, 5.41) is 0. The molecule has 3 nitrogen and oxygen atoms in total. The van der Waals surface area contributed by atoms with Gasteiger partial charge in [0.25, 0.3) is 5.56 Å². The molecule has 74 valence electrons.